The molecule has 0 atom stereocenters. The molecule has 6 rings (SSSR count). The molecule has 1 aromatic carbocycles. The third-order valence-corrected chi connectivity index (χ3v) is 8.07. The molecule has 1 aliphatic heterocycles. The maximum absolute atomic E-state index is 12.6. The minimum absolute atomic E-state index is 0.122. The Bertz CT molecular complexity index is 1390. The molecule has 0 saturated heterocycles. The summed E-state index contributed by atoms with van der Waals surface area (Å²) in [5.74, 6) is 2.55. The van der Waals surface area contributed by atoms with Crippen LogP contribution in [0.15, 0.2) is 23.4 Å². The normalized spacial score (nSPS) is 14.9. The molecule has 4 aromatic rings. The van der Waals surface area contributed by atoms with Crippen molar-refractivity contribution in [3.63, 3.8) is 0 Å². The molecule has 1 N–H and O–H groups in total. The van der Waals surface area contributed by atoms with Crippen LogP contribution in [0.4, 0.5) is 5.69 Å². The zero-order valence-electron chi connectivity index (χ0n) is 18.4. The molecule has 3 aromatic heterocycles. The van der Waals surface area contributed by atoms with E-state index in [-0.39, 0.29) is 24.4 Å². The zero-order chi connectivity index (χ0) is 22.5. The molecule has 8 nitrogen and oxygen atoms in total. The third kappa shape index (κ3) is 3.61. The second-order valence-electron chi connectivity index (χ2n) is 8.56. The number of aryl methyl sites for hydroxylation is 2. The largest absolute Gasteiger partial charge is 0.454 e. The highest BCUT2D eigenvalue weighted by Crippen LogP contribution is 2.39. The van der Waals surface area contributed by atoms with E-state index in [1.165, 1.54) is 35.0 Å². The molecule has 10 heteroatoms. The molecule has 0 fully saturated rings. The average Bonchev–Trinajstić information content (AvgIpc) is 3.52. The number of thiophene rings is 1. The maximum Gasteiger partial charge on any atom is 0.234 e. The molecular weight excluding hydrogens is 458 g/mol. The number of hydrogen-bond donors (Lipinski definition) is 1. The zero-order valence-corrected chi connectivity index (χ0v) is 20.0. The van der Waals surface area contributed by atoms with Crippen LogP contribution < -0.4 is 14.8 Å². The van der Waals surface area contributed by atoms with Gasteiger partial charge in [-0.05, 0) is 43.4 Å². The van der Waals surface area contributed by atoms with Crippen molar-refractivity contribution in [1.29, 1.82) is 0 Å². The van der Waals surface area contributed by atoms with Gasteiger partial charge in [-0.2, -0.15) is 0 Å². The van der Waals surface area contributed by atoms with Crippen LogP contribution >= 0.6 is 23.1 Å². The summed E-state index contributed by atoms with van der Waals surface area (Å²) in [5, 5.41) is 13.8. The Morgan fingerprint density at radius 2 is 2.06 bits per heavy atom. The molecule has 0 saturated carbocycles. The van der Waals surface area contributed by atoms with Gasteiger partial charge in [-0.25, -0.2) is 4.98 Å². The number of aromatic nitrogens is 4. The summed E-state index contributed by atoms with van der Waals surface area (Å²) >= 11 is 3.18. The summed E-state index contributed by atoms with van der Waals surface area (Å²) in [6, 6.07) is 5.37. The highest BCUT2D eigenvalue weighted by Gasteiger charge is 2.24. The molecule has 0 unspecified atom stereocenters. The fourth-order valence-corrected chi connectivity index (χ4v) is 6.44. The van der Waals surface area contributed by atoms with E-state index in [1.54, 1.807) is 29.5 Å². The number of hydrogen-bond acceptors (Lipinski definition) is 8. The Balaban J connectivity index is 1.29. The number of fused-ring (bicyclic) bond motifs is 6. The Morgan fingerprint density at radius 3 is 2.94 bits per heavy atom. The number of nitrogens with one attached hydrogen (secondary N) is 1. The van der Waals surface area contributed by atoms with Gasteiger partial charge in [-0.3, -0.25) is 9.20 Å². The fraction of sp³-hybridized carbons (Fsp3) is 0.391. The topological polar surface area (TPSA) is 90.6 Å². The molecule has 4 heterocycles. The van der Waals surface area contributed by atoms with E-state index in [4.69, 9.17) is 14.5 Å². The number of thioether (sulfide) groups is 1. The minimum atomic E-state index is -0.122. The van der Waals surface area contributed by atoms with Gasteiger partial charge in [0, 0.05) is 22.5 Å². The van der Waals surface area contributed by atoms with Crippen molar-refractivity contribution in [1.82, 2.24) is 19.6 Å². The van der Waals surface area contributed by atoms with E-state index < -0.39 is 0 Å². The first-order chi connectivity index (χ1) is 16.1. The molecule has 1 aliphatic carbocycles. The van der Waals surface area contributed by atoms with Gasteiger partial charge < -0.3 is 14.8 Å². The van der Waals surface area contributed by atoms with E-state index >= 15 is 0 Å². The predicted octanol–water partition coefficient (Wildman–Crippen LogP) is 4.80. The first-order valence-electron chi connectivity index (χ1n) is 11.1. The van der Waals surface area contributed by atoms with Crippen LogP contribution in [0.3, 0.4) is 0 Å². The fourth-order valence-electron chi connectivity index (χ4n) is 4.44. The van der Waals surface area contributed by atoms with E-state index in [2.05, 4.69) is 29.4 Å². The van der Waals surface area contributed by atoms with E-state index in [0.29, 0.717) is 22.3 Å². The molecule has 0 radical (unpaired) electrons. The van der Waals surface area contributed by atoms with Crippen molar-refractivity contribution < 1.29 is 14.3 Å². The van der Waals surface area contributed by atoms with Crippen molar-refractivity contribution in [3.8, 4) is 11.5 Å². The minimum Gasteiger partial charge on any atom is -0.454 e. The molecule has 0 spiro atoms. The second kappa shape index (κ2) is 8.18. The van der Waals surface area contributed by atoms with Gasteiger partial charge in [-0.1, -0.05) is 25.6 Å². The number of rotatable bonds is 5. The summed E-state index contributed by atoms with van der Waals surface area (Å²) in [4.78, 5) is 20.2. The van der Waals surface area contributed by atoms with Crippen LogP contribution in [0, 0.1) is 0 Å². The number of nitrogens with zero attached hydrogens (tertiary/aromatic N) is 4. The van der Waals surface area contributed by atoms with Gasteiger partial charge in [0.2, 0.25) is 12.7 Å². The first-order valence-corrected chi connectivity index (χ1v) is 12.9. The lowest BCUT2D eigenvalue weighted by Gasteiger charge is -2.12. The Hall–Kier alpha value is -2.85. The highest BCUT2D eigenvalue weighted by molar-refractivity contribution is 7.99. The number of anilines is 1. The van der Waals surface area contributed by atoms with Crippen molar-refractivity contribution in [2.24, 2.45) is 0 Å². The smallest absolute Gasteiger partial charge is 0.234 e. The van der Waals surface area contributed by atoms with Crippen molar-refractivity contribution in [2.75, 3.05) is 17.9 Å². The molecular formula is C23H23N5O3S2. The predicted molar refractivity (Wildman–Crippen MR) is 129 cm³/mol. The quantitative estimate of drug-likeness (QED) is 0.410. The number of amides is 1. The van der Waals surface area contributed by atoms with Gasteiger partial charge in [-0.15, -0.1) is 21.5 Å². The summed E-state index contributed by atoms with van der Waals surface area (Å²) in [7, 11) is 0. The van der Waals surface area contributed by atoms with Crippen LogP contribution in [0.1, 0.15) is 48.9 Å². The van der Waals surface area contributed by atoms with E-state index in [1.807, 2.05) is 4.40 Å². The van der Waals surface area contributed by atoms with Gasteiger partial charge in [0.1, 0.15) is 10.7 Å². The van der Waals surface area contributed by atoms with E-state index in [0.717, 1.165) is 34.5 Å². The van der Waals surface area contributed by atoms with Crippen molar-refractivity contribution >= 4 is 50.6 Å². The first kappa shape index (κ1) is 20.7. The summed E-state index contributed by atoms with van der Waals surface area (Å²) in [6.07, 6.45) is 4.63. The lowest BCUT2D eigenvalue weighted by Crippen LogP contribution is -2.14. The molecule has 1 amide bonds. The van der Waals surface area contributed by atoms with Crippen LogP contribution in [0.5, 0.6) is 11.5 Å². The molecule has 170 valence electrons. The van der Waals surface area contributed by atoms with Crippen molar-refractivity contribution in [2.45, 2.75) is 50.6 Å². The Kier molecular flexibility index (Phi) is 5.14. The average molecular weight is 482 g/mol. The van der Waals surface area contributed by atoms with Gasteiger partial charge in [0.25, 0.3) is 0 Å². The molecule has 0 bridgehead atoms. The summed E-state index contributed by atoms with van der Waals surface area (Å²) in [5.41, 5.74) is 2.92. The maximum atomic E-state index is 12.6. The van der Waals surface area contributed by atoms with Crippen LogP contribution in [0.2, 0.25) is 0 Å². The molecule has 33 heavy (non-hydrogen) atoms. The standard InChI is InChI=1S/C23H23N5O3S2/c1-12(2)20-25-22-19(14-5-3-4-6-17(14)33-22)21-26-27-23(28(20)21)32-10-18(29)24-13-7-8-15-16(9-13)31-11-30-15/h7-9,12H,3-6,10-11H2,1-2H3,(H,24,29). The molecule has 2 aliphatic rings. The van der Waals surface area contributed by atoms with Gasteiger partial charge >= 0.3 is 0 Å². The van der Waals surface area contributed by atoms with Crippen molar-refractivity contribution in [3.05, 3.63) is 34.5 Å². The summed E-state index contributed by atoms with van der Waals surface area (Å²) in [6.45, 7) is 4.46. The Morgan fingerprint density at radius 1 is 1.21 bits per heavy atom. The SMILES string of the molecule is CC(C)c1nc2sc3c(c2c2nnc(SCC(=O)Nc4ccc5c(c4)OCO5)n12)CCCC3. The van der Waals surface area contributed by atoms with Gasteiger partial charge in [0.15, 0.2) is 22.3 Å². The Labute approximate surface area is 198 Å². The lowest BCUT2D eigenvalue weighted by atomic mass is 9.97. The number of ether oxygens (including phenoxy) is 2. The van der Waals surface area contributed by atoms with Crippen LogP contribution in [-0.2, 0) is 17.6 Å². The monoisotopic (exact) mass is 481 g/mol. The van der Waals surface area contributed by atoms with Crippen LogP contribution in [0.25, 0.3) is 15.9 Å². The lowest BCUT2D eigenvalue weighted by molar-refractivity contribution is -0.113. The van der Waals surface area contributed by atoms with Crippen LogP contribution in [-0.4, -0.2) is 38.0 Å². The van der Waals surface area contributed by atoms with E-state index in [9.17, 15) is 4.79 Å². The number of benzene rings is 1. The number of carbonyl (C=O) groups excluding carboxylic acids is 1. The number of carbonyl (C=O) groups is 1. The second-order valence-corrected chi connectivity index (χ2v) is 10.6. The summed E-state index contributed by atoms with van der Waals surface area (Å²) < 4.78 is 12.8. The third-order valence-electron chi connectivity index (χ3n) is 5.96. The van der Waals surface area contributed by atoms with Gasteiger partial charge in [0.05, 0.1) is 11.1 Å². The highest BCUT2D eigenvalue weighted by atomic mass is 32.2.